The van der Waals surface area contributed by atoms with Gasteiger partial charge in [0.25, 0.3) is 0 Å². The number of carbonyl (C=O) groups excluding carboxylic acids is 1. The SMILES string of the molecule is O=C([O-])c1cccc(C2=C(c3cc(F)ccc3OCc3ccc(F)c(F)c3)CCC2)n1.[Na+]. The molecule has 8 heteroatoms. The number of pyridine rings is 1. The number of carboxylic acids is 1. The van der Waals surface area contributed by atoms with E-state index in [-0.39, 0.29) is 41.9 Å². The van der Waals surface area contributed by atoms with Crippen molar-refractivity contribution in [2.45, 2.75) is 25.9 Å². The normalized spacial score (nSPS) is 13.1. The van der Waals surface area contributed by atoms with Crippen molar-refractivity contribution in [2.75, 3.05) is 0 Å². The van der Waals surface area contributed by atoms with Gasteiger partial charge in [-0.25, -0.2) is 18.2 Å². The zero-order valence-electron chi connectivity index (χ0n) is 17.3. The smallest absolute Gasteiger partial charge is 0.543 e. The van der Waals surface area contributed by atoms with E-state index in [4.69, 9.17) is 4.74 Å². The molecule has 1 aromatic heterocycles. The summed E-state index contributed by atoms with van der Waals surface area (Å²) >= 11 is 0. The Labute approximate surface area is 205 Å². The van der Waals surface area contributed by atoms with E-state index in [1.54, 1.807) is 12.1 Å². The number of aromatic carboxylic acids is 1. The first-order valence-corrected chi connectivity index (χ1v) is 9.70. The second-order valence-corrected chi connectivity index (χ2v) is 7.18. The van der Waals surface area contributed by atoms with Crippen molar-refractivity contribution in [1.82, 2.24) is 4.98 Å². The van der Waals surface area contributed by atoms with Crippen molar-refractivity contribution in [1.29, 1.82) is 0 Å². The maximum Gasteiger partial charge on any atom is 1.00 e. The van der Waals surface area contributed by atoms with E-state index in [1.807, 2.05) is 0 Å². The Morgan fingerprint density at radius 3 is 2.50 bits per heavy atom. The molecule has 0 unspecified atom stereocenters. The Kier molecular flexibility index (Phi) is 7.77. The summed E-state index contributed by atoms with van der Waals surface area (Å²) in [5.74, 6) is -3.36. The Hall–Kier alpha value is -2.61. The number of allylic oxidation sites excluding steroid dienone is 2. The average Bonchev–Trinajstić information content (AvgIpc) is 3.25. The van der Waals surface area contributed by atoms with E-state index in [1.165, 1.54) is 30.3 Å². The van der Waals surface area contributed by atoms with Gasteiger partial charge in [-0.05, 0) is 78.4 Å². The van der Waals surface area contributed by atoms with Crippen LogP contribution in [0.15, 0.2) is 54.6 Å². The van der Waals surface area contributed by atoms with Gasteiger partial charge in [-0.2, -0.15) is 0 Å². The number of hydrogen-bond acceptors (Lipinski definition) is 4. The standard InChI is InChI=1S/C24H18F3NO3.Na/c25-15-8-10-23(31-13-14-7-9-19(26)20(27)11-14)18(12-15)16-3-1-4-17(16)21-5-2-6-22(28-21)24(29)30;/h2,5-12H,1,3-4,13H2,(H,29,30);/q;+1/p-1. The van der Waals surface area contributed by atoms with Crippen LogP contribution in [0.5, 0.6) is 5.75 Å². The van der Waals surface area contributed by atoms with Crippen molar-refractivity contribution >= 4 is 17.1 Å². The monoisotopic (exact) mass is 447 g/mol. The zero-order valence-corrected chi connectivity index (χ0v) is 19.3. The predicted octanol–water partition coefficient (Wildman–Crippen LogP) is 1.54. The summed E-state index contributed by atoms with van der Waals surface area (Å²) in [5, 5.41) is 11.2. The fraction of sp³-hybridized carbons (Fsp3) is 0.167. The maximum atomic E-state index is 14.1. The molecular formula is C24H17F3NNaO3. The minimum atomic E-state index is -1.37. The molecule has 1 aliphatic rings. The van der Waals surface area contributed by atoms with Crippen LogP contribution in [-0.4, -0.2) is 11.0 Å². The fourth-order valence-electron chi connectivity index (χ4n) is 3.69. The topological polar surface area (TPSA) is 62.2 Å². The third kappa shape index (κ3) is 5.23. The van der Waals surface area contributed by atoms with Gasteiger partial charge < -0.3 is 14.6 Å². The molecule has 158 valence electrons. The van der Waals surface area contributed by atoms with Crippen LogP contribution >= 0.6 is 0 Å². The first kappa shape index (κ1) is 24.0. The van der Waals surface area contributed by atoms with Gasteiger partial charge in [-0.3, -0.25) is 0 Å². The summed E-state index contributed by atoms with van der Waals surface area (Å²) < 4.78 is 46.5. The molecule has 1 aliphatic carbocycles. The third-order valence-electron chi connectivity index (χ3n) is 5.13. The van der Waals surface area contributed by atoms with Crippen LogP contribution in [0.4, 0.5) is 13.2 Å². The number of aromatic nitrogens is 1. The van der Waals surface area contributed by atoms with Gasteiger partial charge in [0.1, 0.15) is 18.2 Å². The molecule has 0 radical (unpaired) electrons. The summed E-state index contributed by atoms with van der Waals surface area (Å²) in [7, 11) is 0. The van der Waals surface area contributed by atoms with E-state index in [0.29, 0.717) is 35.4 Å². The van der Waals surface area contributed by atoms with Crippen LogP contribution in [0.1, 0.15) is 46.6 Å². The van der Waals surface area contributed by atoms with Crippen molar-refractivity contribution in [3.8, 4) is 5.75 Å². The first-order valence-electron chi connectivity index (χ1n) is 9.70. The Bertz CT molecular complexity index is 1200. The summed E-state index contributed by atoms with van der Waals surface area (Å²) in [5.41, 5.74) is 2.89. The minimum Gasteiger partial charge on any atom is -0.543 e. The van der Waals surface area contributed by atoms with Crippen LogP contribution < -0.4 is 39.4 Å². The molecule has 0 atom stereocenters. The van der Waals surface area contributed by atoms with Crippen LogP contribution in [0.25, 0.3) is 11.1 Å². The number of halogens is 3. The molecule has 1 heterocycles. The third-order valence-corrected chi connectivity index (χ3v) is 5.13. The minimum absolute atomic E-state index is 0. The average molecular weight is 447 g/mol. The Morgan fingerprint density at radius 2 is 1.75 bits per heavy atom. The summed E-state index contributed by atoms with van der Waals surface area (Å²) in [4.78, 5) is 15.3. The van der Waals surface area contributed by atoms with E-state index in [0.717, 1.165) is 29.7 Å². The van der Waals surface area contributed by atoms with Crippen LogP contribution in [0, 0.1) is 17.5 Å². The van der Waals surface area contributed by atoms with Crippen molar-refractivity contribution in [3.05, 3.63) is 94.6 Å². The van der Waals surface area contributed by atoms with Gasteiger partial charge in [0.15, 0.2) is 11.6 Å². The van der Waals surface area contributed by atoms with Gasteiger partial charge in [-0.15, -0.1) is 0 Å². The number of carbonyl (C=O) groups is 1. The number of hydrogen-bond donors (Lipinski definition) is 0. The molecule has 3 aromatic rings. The Morgan fingerprint density at radius 1 is 0.969 bits per heavy atom. The van der Waals surface area contributed by atoms with Gasteiger partial charge in [0, 0.05) is 5.56 Å². The van der Waals surface area contributed by atoms with Crippen LogP contribution in [0.3, 0.4) is 0 Å². The van der Waals surface area contributed by atoms with Crippen molar-refractivity contribution < 1.29 is 57.4 Å². The van der Waals surface area contributed by atoms with Gasteiger partial charge in [-0.1, -0.05) is 12.1 Å². The molecule has 0 bridgehead atoms. The molecular weight excluding hydrogens is 430 g/mol. The fourth-order valence-corrected chi connectivity index (χ4v) is 3.69. The molecule has 0 fully saturated rings. The summed E-state index contributed by atoms with van der Waals surface area (Å²) in [6.07, 6.45) is 2.08. The molecule has 0 spiro atoms. The molecule has 0 aliphatic heterocycles. The number of carboxylic acid groups (broad SMARTS) is 1. The molecule has 0 N–H and O–H groups in total. The summed E-state index contributed by atoms with van der Waals surface area (Å²) in [6, 6.07) is 12.2. The first-order chi connectivity index (χ1) is 14.9. The van der Waals surface area contributed by atoms with E-state index >= 15 is 0 Å². The molecule has 0 amide bonds. The van der Waals surface area contributed by atoms with Gasteiger partial charge in [0.05, 0.1) is 17.4 Å². The predicted molar refractivity (Wildman–Crippen MR) is 106 cm³/mol. The molecule has 4 nitrogen and oxygen atoms in total. The van der Waals surface area contributed by atoms with E-state index < -0.39 is 23.4 Å². The maximum absolute atomic E-state index is 14.1. The van der Waals surface area contributed by atoms with E-state index in [2.05, 4.69) is 4.98 Å². The number of ether oxygens (including phenoxy) is 1. The van der Waals surface area contributed by atoms with Crippen LogP contribution in [0.2, 0.25) is 0 Å². The molecule has 32 heavy (non-hydrogen) atoms. The van der Waals surface area contributed by atoms with Gasteiger partial charge in [0.2, 0.25) is 0 Å². The number of nitrogens with zero attached hydrogens (tertiary/aromatic N) is 1. The molecule has 0 saturated heterocycles. The molecule has 2 aromatic carbocycles. The number of rotatable bonds is 6. The second-order valence-electron chi connectivity index (χ2n) is 7.18. The Balaban J connectivity index is 0.00000289. The number of benzene rings is 2. The van der Waals surface area contributed by atoms with Crippen molar-refractivity contribution in [2.24, 2.45) is 0 Å². The van der Waals surface area contributed by atoms with E-state index in [9.17, 15) is 23.1 Å². The van der Waals surface area contributed by atoms with Crippen molar-refractivity contribution in [3.63, 3.8) is 0 Å². The second kappa shape index (κ2) is 10.3. The molecule has 4 rings (SSSR count). The summed E-state index contributed by atoms with van der Waals surface area (Å²) in [6.45, 7) is -0.0309. The largest absolute Gasteiger partial charge is 1.00 e. The van der Waals surface area contributed by atoms with Crippen LogP contribution in [-0.2, 0) is 6.61 Å². The zero-order chi connectivity index (χ0) is 22.0. The van der Waals surface area contributed by atoms with Gasteiger partial charge >= 0.3 is 29.6 Å². The quantitative estimate of drug-likeness (QED) is 0.538. The molecule has 0 saturated carbocycles.